The van der Waals surface area contributed by atoms with Gasteiger partial charge in [0, 0.05) is 10.7 Å². The Morgan fingerprint density at radius 2 is 2.11 bits per heavy atom. The van der Waals surface area contributed by atoms with Crippen LogP contribution < -0.4 is 10.2 Å². The number of benzene rings is 1. The summed E-state index contributed by atoms with van der Waals surface area (Å²) in [6.07, 6.45) is 0.549. The van der Waals surface area contributed by atoms with Gasteiger partial charge in [-0.3, -0.25) is 9.59 Å². The third-order valence-corrected chi connectivity index (χ3v) is 4.02. The van der Waals surface area contributed by atoms with Crippen LogP contribution in [-0.2, 0) is 9.59 Å². The first-order chi connectivity index (χ1) is 8.87. The van der Waals surface area contributed by atoms with Crippen LogP contribution in [0, 0.1) is 6.92 Å². The van der Waals surface area contributed by atoms with Gasteiger partial charge >= 0.3 is 0 Å². The summed E-state index contributed by atoms with van der Waals surface area (Å²) in [6, 6.07) is 5.39. The Hall–Kier alpha value is -1.55. The highest BCUT2D eigenvalue weighted by Gasteiger charge is 2.42. The van der Waals surface area contributed by atoms with Gasteiger partial charge in [-0.05, 0) is 38.0 Å². The Labute approximate surface area is 117 Å². The van der Waals surface area contributed by atoms with Gasteiger partial charge in [-0.15, -0.1) is 0 Å². The van der Waals surface area contributed by atoms with Crippen molar-refractivity contribution in [3.8, 4) is 0 Å². The molecule has 1 aliphatic rings. The molecule has 2 amide bonds. The normalized spacial score (nSPS) is 23.5. The van der Waals surface area contributed by atoms with Crippen LogP contribution in [0.5, 0.6) is 0 Å². The highest BCUT2D eigenvalue weighted by atomic mass is 35.5. The number of piperazine rings is 1. The van der Waals surface area contributed by atoms with E-state index in [1.165, 1.54) is 4.90 Å². The zero-order chi connectivity index (χ0) is 14.2. The van der Waals surface area contributed by atoms with E-state index in [9.17, 15) is 9.59 Å². The largest absolute Gasteiger partial charge is 0.340 e. The molecule has 1 fully saturated rings. The maximum atomic E-state index is 12.5. The number of halogens is 1. The van der Waals surface area contributed by atoms with Gasteiger partial charge in [0.2, 0.25) is 5.91 Å². The second-order valence-electron chi connectivity index (χ2n) is 5.06. The molecule has 0 radical (unpaired) electrons. The quantitative estimate of drug-likeness (QED) is 0.903. The Morgan fingerprint density at radius 3 is 2.68 bits per heavy atom. The fourth-order valence-electron chi connectivity index (χ4n) is 2.11. The minimum absolute atomic E-state index is 0.0355. The van der Waals surface area contributed by atoms with E-state index in [0.717, 1.165) is 5.56 Å². The first-order valence-corrected chi connectivity index (χ1v) is 6.64. The van der Waals surface area contributed by atoms with Crippen LogP contribution in [0.15, 0.2) is 18.2 Å². The van der Waals surface area contributed by atoms with Crippen molar-refractivity contribution in [3.05, 3.63) is 28.8 Å². The predicted molar refractivity (Wildman–Crippen MR) is 75.4 cm³/mol. The molecule has 5 heteroatoms. The zero-order valence-corrected chi connectivity index (χ0v) is 12.0. The van der Waals surface area contributed by atoms with Crippen molar-refractivity contribution in [2.45, 2.75) is 32.7 Å². The Bertz CT molecular complexity index is 544. The van der Waals surface area contributed by atoms with Crippen LogP contribution in [0.25, 0.3) is 0 Å². The maximum Gasteiger partial charge on any atom is 0.252 e. The molecule has 1 aromatic carbocycles. The van der Waals surface area contributed by atoms with Gasteiger partial charge in [0.25, 0.3) is 5.91 Å². The molecule has 4 nitrogen and oxygen atoms in total. The number of aryl methyl sites for hydroxylation is 1. The molecule has 0 aromatic heterocycles. The van der Waals surface area contributed by atoms with Crippen molar-refractivity contribution in [2.75, 3.05) is 11.4 Å². The molecule has 1 unspecified atom stereocenters. The molecule has 0 bridgehead atoms. The number of rotatable bonds is 2. The van der Waals surface area contributed by atoms with Crippen LogP contribution in [-0.4, -0.2) is 23.9 Å². The highest BCUT2D eigenvalue weighted by molar-refractivity contribution is 6.31. The molecular weight excluding hydrogens is 264 g/mol. The van der Waals surface area contributed by atoms with E-state index in [4.69, 9.17) is 11.6 Å². The second-order valence-corrected chi connectivity index (χ2v) is 5.47. The average molecular weight is 281 g/mol. The monoisotopic (exact) mass is 280 g/mol. The highest BCUT2D eigenvalue weighted by Crippen LogP contribution is 2.27. The summed E-state index contributed by atoms with van der Waals surface area (Å²) in [5.41, 5.74) is 0.764. The van der Waals surface area contributed by atoms with Crippen molar-refractivity contribution < 1.29 is 9.59 Å². The molecule has 2 rings (SSSR count). The van der Waals surface area contributed by atoms with Gasteiger partial charge < -0.3 is 10.2 Å². The van der Waals surface area contributed by atoms with Gasteiger partial charge in [0.1, 0.15) is 12.1 Å². The van der Waals surface area contributed by atoms with E-state index >= 15 is 0 Å². The molecule has 1 saturated heterocycles. The molecular formula is C14H17ClN2O2. The molecule has 0 spiro atoms. The maximum absolute atomic E-state index is 12.5. The topological polar surface area (TPSA) is 49.4 Å². The fraction of sp³-hybridized carbons (Fsp3) is 0.429. The Morgan fingerprint density at radius 1 is 1.42 bits per heavy atom. The van der Waals surface area contributed by atoms with Crippen molar-refractivity contribution >= 4 is 29.1 Å². The van der Waals surface area contributed by atoms with Crippen molar-refractivity contribution in [1.82, 2.24) is 5.32 Å². The van der Waals surface area contributed by atoms with Crippen molar-refractivity contribution in [2.24, 2.45) is 0 Å². The third-order valence-electron chi connectivity index (χ3n) is 3.61. The summed E-state index contributed by atoms with van der Waals surface area (Å²) >= 11 is 6.08. The van der Waals surface area contributed by atoms with E-state index in [2.05, 4.69) is 5.32 Å². The number of hydrogen-bond donors (Lipinski definition) is 1. The summed E-state index contributed by atoms with van der Waals surface area (Å²) in [5.74, 6) is -0.254. The number of hydrogen-bond acceptors (Lipinski definition) is 2. The number of amides is 2. The van der Waals surface area contributed by atoms with E-state index in [-0.39, 0.29) is 18.4 Å². The zero-order valence-electron chi connectivity index (χ0n) is 11.3. The molecule has 102 valence electrons. The molecule has 1 atom stereocenters. The predicted octanol–water partition coefficient (Wildman–Crippen LogP) is 2.28. The molecule has 19 heavy (non-hydrogen) atoms. The van der Waals surface area contributed by atoms with Crippen LogP contribution in [0.4, 0.5) is 5.69 Å². The third kappa shape index (κ3) is 2.45. The van der Waals surface area contributed by atoms with Crippen LogP contribution >= 0.6 is 11.6 Å². The summed E-state index contributed by atoms with van der Waals surface area (Å²) in [6.45, 7) is 5.56. The average Bonchev–Trinajstić information content (AvgIpc) is 2.37. The SMILES string of the molecule is CCC1(C)NC(=O)CN(c2ccc(C)c(Cl)c2)C1=O. The number of carbonyl (C=O) groups excluding carboxylic acids is 2. The minimum atomic E-state index is -0.841. The molecule has 1 aromatic rings. The number of nitrogens with one attached hydrogen (secondary N) is 1. The lowest BCUT2D eigenvalue weighted by molar-refractivity contribution is -0.135. The lowest BCUT2D eigenvalue weighted by Gasteiger charge is -2.39. The summed E-state index contributed by atoms with van der Waals surface area (Å²) < 4.78 is 0. The standard InChI is InChI=1S/C14H17ClN2O2/c1-4-14(3)13(19)17(8-12(18)16-14)10-6-5-9(2)11(15)7-10/h5-7H,4,8H2,1-3H3,(H,16,18). The first-order valence-electron chi connectivity index (χ1n) is 6.26. The van der Waals surface area contributed by atoms with E-state index < -0.39 is 5.54 Å². The van der Waals surface area contributed by atoms with Gasteiger partial charge in [0.15, 0.2) is 0 Å². The van der Waals surface area contributed by atoms with Crippen LogP contribution in [0.1, 0.15) is 25.8 Å². The van der Waals surface area contributed by atoms with Gasteiger partial charge in [0.05, 0.1) is 0 Å². The summed E-state index contributed by atoms with van der Waals surface area (Å²) in [7, 11) is 0. The smallest absolute Gasteiger partial charge is 0.252 e. The lowest BCUT2D eigenvalue weighted by atomic mass is 9.94. The summed E-state index contributed by atoms with van der Waals surface area (Å²) in [5, 5.41) is 3.35. The molecule has 1 aliphatic heterocycles. The summed E-state index contributed by atoms with van der Waals surface area (Å²) in [4.78, 5) is 25.8. The van der Waals surface area contributed by atoms with E-state index in [1.54, 1.807) is 13.0 Å². The molecule has 0 aliphatic carbocycles. The van der Waals surface area contributed by atoms with E-state index in [1.807, 2.05) is 26.0 Å². The fourth-order valence-corrected chi connectivity index (χ4v) is 2.29. The molecule has 0 saturated carbocycles. The Kier molecular flexibility index (Phi) is 3.54. The second kappa shape index (κ2) is 4.85. The molecule has 1 N–H and O–H groups in total. The van der Waals surface area contributed by atoms with Gasteiger partial charge in [-0.1, -0.05) is 24.6 Å². The van der Waals surface area contributed by atoms with Gasteiger partial charge in [-0.25, -0.2) is 0 Å². The lowest BCUT2D eigenvalue weighted by Crippen LogP contribution is -2.65. The van der Waals surface area contributed by atoms with Crippen molar-refractivity contribution in [1.29, 1.82) is 0 Å². The number of carbonyl (C=O) groups is 2. The van der Waals surface area contributed by atoms with Crippen LogP contribution in [0.3, 0.4) is 0 Å². The molecule has 1 heterocycles. The van der Waals surface area contributed by atoms with Crippen molar-refractivity contribution in [3.63, 3.8) is 0 Å². The first kappa shape index (κ1) is 13.9. The van der Waals surface area contributed by atoms with Gasteiger partial charge in [-0.2, -0.15) is 0 Å². The Balaban J connectivity index is 2.40. The van der Waals surface area contributed by atoms with Crippen LogP contribution in [0.2, 0.25) is 5.02 Å². The number of anilines is 1. The number of nitrogens with zero attached hydrogens (tertiary/aromatic N) is 1. The van der Waals surface area contributed by atoms with E-state index in [0.29, 0.717) is 17.1 Å². The minimum Gasteiger partial charge on any atom is -0.340 e.